The van der Waals surface area contributed by atoms with Crippen molar-refractivity contribution in [2.45, 2.75) is 45.2 Å². The average molecular weight is 522 g/mol. The number of benzene rings is 2. The van der Waals surface area contributed by atoms with E-state index in [0.717, 1.165) is 42.9 Å². The lowest BCUT2D eigenvalue weighted by Gasteiger charge is -2.42. The van der Waals surface area contributed by atoms with Gasteiger partial charge in [0, 0.05) is 48.7 Å². The number of fused-ring (bicyclic) bond motifs is 2. The Morgan fingerprint density at radius 3 is 2.72 bits per heavy atom. The molecule has 39 heavy (non-hydrogen) atoms. The Morgan fingerprint density at radius 1 is 1.13 bits per heavy atom. The predicted molar refractivity (Wildman–Crippen MR) is 152 cm³/mol. The lowest BCUT2D eigenvalue weighted by molar-refractivity contribution is -0.128. The maximum absolute atomic E-state index is 12.5. The number of anilines is 2. The summed E-state index contributed by atoms with van der Waals surface area (Å²) < 4.78 is 6.07. The number of aromatic nitrogens is 2. The summed E-state index contributed by atoms with van der Waals surface area (Å²) in [6.45, 7) is 9.58. The molecule has 0 unspecified atom stereocenters. The largest absolute Gasteiger partial charge is 0.463 e. The normalized spacial score (nSPS) is 19.0. The summed E-state index contributed by atoms with van der Waals surface area (Å²) in [6.07, 6.45) is 4.62. The first kappa shape index (κ1) is 25.2. The van der Waals surface area contributed by atoms with Gasteiger partial charge in [-0.2, -0.15) is 15.2 Å². The van der Waals surface area contributed by atoms with E-state index < -0.39 is 0 Å². The summed E-state index contributed by atoms with van der Waals surface area (Å²) in [5, 5.41) is 12.0. The number of rotatable bonds is 7. The van der Waals surface area contributed by atoms with Crippen LogP contribution in [-0.4, -0.2) is 59.6 Å². The number of nitrogens with zero attached hydrogens (tertiary/aromatic N) is 6. The van der Waals surface area contributed by atoms with E-state index in [-0.39, 0.29) is 18.4 Å². The van der Waals surface area contributed by atoms with Crippen molar-refractivity contribution >= 4 is 28.2 Å². The van der Waals surface area contributed by atoms with E-state index in [2.05, 4.69) is 65.8 Å². The molecule has 1 aliphatic carbocycles. The molecule has 3 aromatic rings. The molecule has 1 aromatic heterocycles. The minimum absolute atomic E-state index is 0.133. The Bertz CT molecular complexity index is 1450. The zero-order chi connectivity index (χ0) is 26.9. The molecule has 2 fully saturated rings. The van der Waals surface area contributed by atoms with Gasteiger partial charge in [0.1, 0.15) is 5.82 Å². The number of carbonyl (C=O) groups is 1. The van der Waals surface area contributed by atoms with Crippen LogP contribution in [0.25, 0.3) is 10.8 Å². The summed E-state index contributed by atoms with van der Waals surface area (Å²) in [6, 6.07) is 15.4. The molecule has 1 saturated heterocycles. The monoisotopic (exact) mass is 521 g/mol. The Balaban J connectivity index is 1.34. The van der Waals surface area contributed by atoms with Crippen LogP contribution >= 0.6 is 0 Å². The quantitative estimate of drug-likeness (QED) is 0.427. The third kappa shape index (κ3) is 5.01. The first-order valence-corrected chi connectivity index (χ1v) is 13.7. The van der Waals surface area contributed by atoms with Crippen molar-refractivity contribution < 1.29 is 9.53 Å². The van der Waals surface area contributed by atoms with Crippen LogP contribution in [0.5, 0.6) is 6.01 Å². The van der Waals surface area contributed by atoms with E-state index in [4.69, 9.17) is 14.7 Å². The smallest absolute Gasteiger partial charge is 0.318 e. The highest BCUT2D eigenvalue weighted by Gasteiger charge is 2.33. The number of ether oxygens (including phenoxy) is 1. The fraction of sp³-hybridized carbons (Fsp3) is 0.387. The molecule has 2 aliphatic heterocycles. The number of carbonyl (C=O) groups excluding carboxylic acids is 1. The SMILES string of the molecule is C=CC(=O)N1CCN(c2nc(OC[C]3CC3)nc3c2CCN(c2cccc4cccc(C)c24)C3)C[C@@H]1CC#N. The molecule has 1 radical (unpaired) electrons. The van der Waals surface area contributed by atoms with Gasteiger partial charge in [-0.1, -0.05) is 36.9 Å². The van der Waals surface area contributed by atoms with Crippen LogP contribution in [0.4, 0.5) is 11.5 Å². The lowest BCUT2D eigenvalue weighted by atomic mass is 9.99. The Kier molecular flexibility index (Phi) is 6.82. The van der Waals surface area contributed by atoms with Gasteiger partial charge in [0.25, 0.3) is 0 Å². The number of aryl methyl sites for hydroxylation is 1. The van der Waals surface area contributed by atoms with Crippen molar-refractivity contribution in [1.82, 2.24) is 14.9 Å². The van der Waals surface area contributed by atoms with Crippen molar-refractivity contribution in [2.24, 2.45) is 0 Å². The van der Waals surface area contributed by atoms with Crippen LogP contribution in [0.1, 0.15) is 36.1 Å². The molecule has 3 heterocycles. The second-order valence-electron chi connectivity index (χ2n) is 10.6. The van der Waals surface area contributed by atoms with E-state index in [1.165, 1.54) is 34.0 Å². The Hall–Kier alpha value is -4.12. The molecule has 3 aliphatic rings. The second-order valence-corrected chi connectivity index (χ2v) is 10.6. The van der Waals surface area contributed by atoms with E-state index in [1.807, 2.05) is 0 Å². The Labute approximate surface area is 229 Å². The number of amides is 1. The third-order valence-electron chi connectivity index (χ3n) is 8.03. The summed E-state index contributed by atoms with van der Waals surface area (Å²) in [5.41, 5.74) is 4.60. The molecule has 8 heteroatoms. The first-order valence-electron chi connectivity index (χ1n) is 13.7. The zero-order valence-electron chi connectivity index (χ0n) is 22.4. The van der Waals surface area contributed by atoms with Crippen molar-refractivity contribution in [2.75, 3.05) is 42.6 Å². The molecule has 8 nitrogen and oxygen atoms in total. The summed E-state index contributed by atoms with van der Waals surface area (Å²) in [7, 11) is 0. The zero-order valence-corrected chi connectivity index (χ0v) is 22.4. The average Bonchev–Trinajstić information content (AvgIpc) is 3.80. The molecule has 0 spiro atoms. The molecule has 0 N–H and O–H groups in total. The third-order valence-corrected chi connectivity index (χ3v) is 8.03. The van der Waals surface area contributed by atoms with Crippen molar-refractivity contribution in [3.8, 4) is 12.1 Å². The van der Waals surface area contributed by atoms with Gasteiger partial charge >= 0.3 is 6.01 Å². The first-order chi connectivity index (χ1) is 19.1. The molecule has 6 rings (SSSR count). The van der Waals surface area contributed by atoms with Crippen LogP contribution in [0.15, 0.2) is 49.1 Å². The van der Waals surface area contributed by atoms with E-state index in [1.54, 1.807) is 4.90 Å². The molecule has 1 amide bonds. The predicted octanol–water partition coefficient (Wildman–Crippen LogP) is 4.36. The second kappa shape index (κ2) is 10.6. The Morgan fingerprint density at radius 2 is 1.95 bits per heavy atom. The highest BCUT2D eigenvalue weighted by Crippen LogP contribution is 2.37. The summed E-state index contributed by atoms with van der Waals surface area (Å²) in [5.74, 6) is 2.13. The minimum atomic E-state index is -0.218. The van der Waals surface area contributed by atoms with Gasteiger partial charge in [-0.25, -0.2) is 0 Å². The van der Waals surface area contributed by atoms with Crippen molar-refractivity contribution in [3.05, 3.63) is 71.8 Å². The molecule has 0 bridgehead atoms. The van der Waals surface area contributed by atoms with Crippen LogP contribution in [0.2, 0.25) is 0 Å². The number of nitriles is 1. The maximum atomic E-state index is 12.5. The fourth-order valence-electron chi connectivity index (χ4n) is 5.82. The standard InChI is InChI=1S/C31H33N6O2/c1-3-28(38)37-17-16-36(18-24(37)12-14-32)30-25-13-15-35(19-26(25)33-31(34-30)39-20-22-10-11-22)27-9-5-8-23-7-4-6-21(2)29(23)27/h3-9,24H,1,10-13,15-20H2,2H3/t24-/m0/s1. The van der Waals surface area contributed by atoms with Crippen LogP contribution in [-0.2, 0) is 17.8 Å². The highest BCUT2D eigenvalue weighted by molar-refractivity contribution is 5.97. The maximum Gasteiger partial charge on any atom is 0.318 e. The van der Waals surface area contributed by atoms with E-state index in [9.17, 15) is 10.1 Å². The molecule has 199 valence electrons. The highest BCUT2D eigenvalue weighted by atomic mass is 16.5. The van der Waals surface area contributed by atoms with E-state index >= 15 is 0 Å². The van der Waals surface area contributed by atoms with Gasteiger partial charge in [-0.15, -0.1) is 0 Å². The van der Waals surface area contributed by atoms with Gasteiger partial charge in [0.15, 0.2) is 0 Å². The molecular weight excluding hydrogens is 488 g/mol. The van der Waals surface area contributed by atoms with Gasteiger partial charge in [0.05, 0.1) is 37.4 Å². The molecular formula is C31H33N6O2. The lowest BCUT2D eigenvalue weighted by Crippen LogP contribution is -2.55. The minimum Gasteiger partial charge on any atom is -0.463 e. The fourth-order valence-corrected chi connectivity index (χ4v) is 5.82. The van der Waals surface area contributed by atoms with Gasteiger partial charge in [-0.3, -0.25) is 4.79 Å². The topological polar surface area (TPSA) is 85.6 Å². The number of hydrogen-bond acceptors (Lipinski definition) is 7. The van der Waals surface area contributed by atoms with Crippen LogP contribution in [0.3, 0.4) is 0 Å². The van der Waals surface area contributed by atoms with Crippen LogP contribution < -0.4 is 14.5 Å². The molecule has 1 saturated carbocycles. The van der Waals surface area contributed by atoms with Crippen molar-refractivity contribution in [1.29, 1.82) is 5.26 Å². The van der Waals surface area contributed by atoms with Crippen LogP contribution in [0, 0.1) is 24.2 Å². The molecule has 2 aromatic carbocycles. The number of piperazine rings is 1. The number of hydrogen-bond donors (Lipinski definition) is 0. The van der Waals surface area contributed by atoms with Gasteiger partial charge in [-0.05, 0) is 49.3 Å². The van der Waals surface area contributed by atoms with Gasteiger partial charge in [0.2, 0.25) is 5.91 Å². The van der Waals surface area contributed by atoms with Crippen molar-refractivity contribution in [3.63, 3.8) is 0 Å². The van der Waals surface area contributed by atoms with E-state index in [0.29, 0.717) is 38.8 Å². The molecule has 1 atom stereocenters. The summed E-state index contributed by atoms with van der Waals surface area (Å²) in [4.78, 5) is 28.7. The van der Waals surface area contributed by atoms with Gasteiger partial charge < -0.3 is 19.4 Å². The summed E-state index contributed by atoms with van der Waals surface area (Å²) >= 11 is 0.